The second-order valence-corrected chi connectivity index (χ2v) is 12.4. The molecule has 44 heavy (non-hydrogen) atoms. The van der Waals surface area contributed by atoms with Gasteiger partial charge in [0.15, 0.2) is 0 Å². The van der Waals surface area contributed by atoms with Gasteiger partial charge >= 0.3 is 0 Å². The molecule has 0 fully saturated rings. The number of fused-ring (bicyclic) bond motifs is 6. The molecule has 0 saturated heterocycles. The average molecular weight is 578 g/mol. The standard InChI is InChI=1S/C42H27NS/c1-2-15-33(16-3-1)43-39-21-6-4-17-35(39)38-27-31(23-24-40(38)43)29-12-8-11-28(25-29)30-13-9-14-32(26-30)34-19-10-20-37-36-18-5-7-22-41(36)44-42(34)37/h1-27H. The van der Waals surface area contributed by atoms with Crippen LogP contribution in [0.15, 0.2) is 164 Å². The van der Waals surface area contributed by atoms with Crippen LogP contribution in [0.1, 0.15) is 0 Å². The van der Waals surface area contributed by atoms with Gasteiger partial charge in [0.25, 0.3) is 0 Å². The molecule has 9 rings (SSSR count). The maximum absolute atomic E-state index is 2.37. The molecule has 0 aliphatic carbocycles. The van der Waals surface area contributed by atoms with Crippen molar-refractivity contribution in [1.29, 1.82) is 0 Å². The van der Waals surface area contributed by atoms with Crippen LogP contribution >= 0.6 is 11.3 Å². The van der Waals surface area contributed by atoms with Crippen LogP contribution in [0.3, 0.4) is 0 Å². The summed E-state index contributed by atoms with van der Waals surface area (Å²) in [7, 11) is 0. The van der Waals surface area contributed by atoms with E-state index < -0.39 is 0 Å². The first kappa shape index (κ1) is 25.1. The van der Waals surface area contributed by atoms with Crippen LogP contribution in [-0.2, 0) is 0 Å². The number of benzene rings is 7. The first-order valence-electron chi connectivity index (χ1n) is 15.0. The molecule has 206 valence electrons. The molecule has 2 heterocycles. The number of aromatic nitrogens is 1. The van der Waals surface area contributed by atoms with Crippen LogP contribution in [0.5, 0.6) is 0 Å². The molecule has 2 aromatic heterocycles. The van der Waals surface area contributed by atoms with E-state index in [4.69, 9.17) is 0 Å². The quantitative estimate of drug-likeness (QED) is 0.196. The van der Waals surface area contributed by atoms with Gasteiger partial charge in [-0.05, 0) is 81.9 Å². The Morgan fingerprint density at radius 3 is 1.77 bits per heavy atom. The number of hydrogen-bond donors (Lipinski definition) is 0. The fraction of sp³-hybridized carbons (Fsp3) is 0. The minimum atomic E-state index is 1.18. The van der Waals surface area contributed by atoms with Crippen molar-refractivity contribution in [2.45, 2.75) is 0 Å². The zero-order chi connectivity index (χ0) is 29.0. The molecule has 0 aliphatic rings. The smallest absolute Gasteiger partial charge is 0.0541 e. The molecule has 9 aromatic rings. The van der Waals surface area contributed by atoms with Crippen molar-refractivity contribution in [3.8, 4) is 39.1 Å². The van der Waals surface area contributed by atoms with Gasteiger partial charge in [0, 0.05) is 36.6 Å². The van der Waals surface area contributed by atoms with Crippen LogP contribution in [0.2, 0.25) is 0 Å². The van der Waals surface area contributed by atoms with E-state index in [1.807, 2.05) is 11.3 Å². The molecule has 0 N–H and O–H groups in total. The topological polar surface area (TPSA) is 4.93 Å². The predicted octanol–water partition coefficient (Wildman–Crippen LogP) is 12.2. The molecule has 2 heteroatoms. The second-order valence-electron chi connectivity index (χ2n) is 11.4. The third-order valence-electron chi connectivity index (χ3n) is 8.79. The minimum absolute atomic E-state index is 1.18. The van der Waals surface area contributed by atoms with Crippen LogP contribution < -0.4 is 0 Å². The summed E-state index contributed by atoms with van der Waals surface area (Å²) in [6, 6.07) is 59.6. The van der Waals surface area contributed by atoms with Crippen molar-refractivity contribution in [3.05, 3.63) is 164 Å². The van der Waals surface area contributed by atoms with E-state index in [1.165, 1.54) is 81.0 Å². The third kappa shape index (κ3) is 4.00. The van der Waals surface area contributed by atoms with E-state index in [-0.39, 0.29) is 0 Å². The highest BCUT2D eigenvalue weighted by atomic mass is 32.1. The zero-order valence-corrected chi connectivity index (χ0v) is 24.8. The average Bonchev–Trinajstić information content (AvgIpc) is 3.64. The summed E-state index contributed by atoms with van der Waals surface area (Å²) >= 11 is 1.88. The number of nitrogens with zero attached hydrogens (tertiary/aromatic N) is 1. The third-order valence-corrected chi connectivity index (χ3v) is 10.0. The molecule has 7 aromatic carbocycles. The Labute approximate surface area is 259 Å². The Morgan fingerprint density at radius 1 is 0.364 bits per heavy atom. The van der Waals surface area contributed by atoms with Gasteiger partial charge in [-0.15, -0.1) is 11.3 Å². The number of hydrogen-bond acceptors (Lipinski definition) is 1. The highest BCUT2D eigenvalue weighted by Crippen LogP contribution is 2.41. The van der Waals surface area contributed by atoms with E-state index in [2.05, 4.69) is 168 Å². The van der Waals surface area contributed by atoms with Gasteiger partial charge in [-0.2, -0.15) is 0 Å². The predicted molar refractivity (Wildman–Crippen MR) is 190 cm³/mol. The van der Waals surface area contributed by atoms with E-state index in [0.717, 1.165) is 0 Å². The molecule has 0 unspecified atom stereocenters. The lowest BCUT2D eigenvalue weighted by Crippen LogP contribution is -1.92. The van der Waals surface area contributed by atoms with E-state index in [9.17, 15) is 0 Å². The van der Waals surface area contributed by atoms with Crippen LogP contribution in [-0.4, -0.2) is 4.57 Å². The Morgan fingerprint density at radius 2 is 0.955 bits per heavy atom. The molecule has 0 radical (unpaired) electrons. The maximum atomic E-state index is 2.37. The molecule has 0 atom stereocenters. The monoisotopic (exact) mass is 577 g/mol. The Bertz CT molecular complexity index is 2500. The van der Waals surface area contributed by atoms with Gasteiger partial charge < -0.3 is 4.57 Å². The highest BCUT2D eigenvalue weighted by molar-refractivity contribution is 7.26. The Kier molecular flexibility index (Phi) is 5.75. The normalized spacial score (nSPS) is 11.6. The Balaban J connectivity index is 1.14. The van der Waals surface area contributed by atoms with Crippen LogP contribution in [0, 0.1) is 0 Å². The van der Waals surface area contributed by atoms with Gasteiger partial charge in [-0.3, -0.25) is 0 Å². The second kappa shape index (κ2) is 10.1. The molecule has 0 saturated carbocycles. The Hall–Kier alpha value is -5.44. The van der Waals surface area contributed by atoms with Crippen molar-refractivity contribution >= 4 is 53.3 Å². The molecular weight excluding hydrogens is 551 g/mol. The number of thiophene rings is 1. The molecular formula is C42H27NS. The summed E-state index contributed by atoms with van der Waals surface area (Å²) in [5.41, 5.74) is 11.1. The summed E-state index contributed by atoms with van der Waals surface area (Å²) < 4.78 is 5.05. The number of para-hydroxylation sites is 2. The largest absolute Gasteiger partial charge is 0.309 e. The molecule has 0 aliphatic heterocycles. The summed E-state index contributed by atoms with van der Waals surface area (Å²) in [5.74, 6) is 0. The van der Waals surface area contributed by atoms with E-state index >= 15 is 0 Å². The first-order valence-corrected chi connectivity index (χ1v) is 15.8. The minimum Gasteiger partial charge on any atom is -0.309 e. The maximum Gasteiger partial charge on any atom is 0.0541 e. The molecule has 0 bridgehead atoms. The summed E-state index contributed by atoms with van der Waals surface area (Å²) in [4.78, 5) is 0. The molecule has 1 nitrogen and oxygen atoms in total. The van der Waals surface area contributed by atoms with Crippen molar-refractivity contribution < 1.29 is 0 Å². The molecule has 0 spiro atoms. The van der Waals surface area contributed by atoms with Crippen LogP contribution in [0.25, 0.3) is 81.0 Å². The first-order chi connectivity index (χ1) is 21.8. The highest BCUT2D eigenvalue weighted by Gasteiger charge is 2.14. The van der Waals surface area contributed by atoms with Gasteiger partial charge in [-0.25, -0.2) is 0 Å². The summed E-state index contributed by atoms with van der Waals surface area (Å²) in [6.07, 6.45) is 0. The lowest BCUT2D eigenvalue weighted by molar-refractivity contribution is 1.18. The zero-order valence-electron chi connectivity index (χ0n) is 23.9. The van der Waals surface area contributed by atoms with Gasteiger partial charge in [-0.1, -0.05) is 115 Å². The number of rotatable bonds is 4. The fourth-order valence-electron chi connectivity index (χ4n) is 6.73. The van der Waals surface area contributed by atoms with E-state index in [1.54, 1.807) is 0 Å². The van der Waals surface area contributed by atoms with Crippen molar-refractivity contribution in [2.75, 3.05) is 0 Å². The van der Waals surface area contributed by atoms with Crippen molar-refractivity contribution in [3.63, 3.8) is 0 Å². The van der Waals surface area contributed by atoms with Gasteiger partial charge in [0.05, 0.1) is 11.0 Å². The molecule has 0 amide bonds. The SMILES string of the molecule is c1ccc(-n2c3ccccc3c3cc(-c4cccc(-c5cccc(-c6cccc7c6sc6ccccc67)c5)c4)ccc32)cc1. The lowest BCUT2D eigenvalue weighted by Gasteiger charge is -2.10. The fourth-order valence-corrected chi connectivity index (χ4v) is 7.97. The van der Waals surface area contributed by atoms with Gasteiger partial charge in [0.2, 0.25) is 0 Å². The van der Waals surface area contributed by atoms with Crippen molar-refractivity contribution in [2.24, 2.45) is 0 Å². The van der Waals surface area contributed by atoms with Gasteiger partial charge in [0.1, 0.15) is 0 Å². The summed E-state index contributed by atoms with van der Waals surface area (Å²) in [5, 5.41) is 5.21. The van der Waals surface area contributed by atoms with Crippen molar-refractivity contribution in [1.82, 2.24) is 4.57 Å². The van der Waals surface area contributed by atoms with Crippen LogP contribution in [0.4, 0.5) is 0 Å². The summed E-state index contributed by atoms with van der Waals surface area (Å²) in [6.45, 7) is 0. The lowest BCUT2D eigenvalue weighted by atomic mass is 9.95. The van der Waals surface area contributed by atoms with E-state index in [0.29, 0.717) is 0 Å².